The number of hydrogen-bond donors (Lipinski definition) is 1. The van der Waals surface area contributed by atoms with Crippen LogP contribution >= 0.6 is 0 Å². The number of aryl methyl sites for hydroxylation is 2. The molecule has 0 aliphatic rings. The smallest absolute Gasteiger partial charge is 0.161 e. The lowest BCUT2D eigenvalue weighted by Crippen LogP contribution is -2.08. The van der Waals surface area contributed by atoms with Gasteiger partial charge in [-0.3, -0.25) is 14.8 Å². The fraction of sp³-hybridized carbons (Fsp3) is 0.250. The highest BCUT2D eigenvalue weighted by molar-refractivity contribution is 5.95. The summed E-state index contributed by atoms with van der Waals surface area (Å²) in [6.45, 7) is 8.15. The molecule has 3 rings (SSSR count). The molecule has 0 unspecified atom stereocenters. The van der Waals surface area contributed by atoms with Gasteiger partial charge < -0.3 is 5.32 Å². The van der Waals surface area contributed by atoms with Crippen LogP contribution in [0.3, 0.4) is 0 Å². The predicted octanol–water partition coefficient (Wildman–Crippen LogP) is 4.37. The maximum Gasteiger partial charge on any atom is 0.161 e. The first-order chi connectivity index (χ1) is 11.5. The maximum absolute atomic E-state index is 11.5. The molecule has 4 nitrogen and oxygen atoms in total. The molecule has 2 aromatic heterocycles. The fourth-order valence-electron chi connectivity index (χ4n) is 2.92. The summed E-state index contributed by atoms with van der Waals surface area (Å²) in [6, 6.07) is 11.9. The van der Waals surface area contributed by atoms with E-state index < -0.39 is 0 Å². The average molecular weight is 319 g/mol. The molecule has 0 saturated heterocycles. The lowest BCUT2D eigenvalue weighted by molar-refractivity contribution is 0.101. The standard InChI is InChI=1S/C20H21N3O/c1-12-13(2)23-19-8-6-5-7-18(19)20(12)21-11-16-9-10-17(15(4)24)14(3)22-16/h5-10H,11H2,1-4H3,(H,21,23). The van der Waals surface area contributed by atoms with Crippen molar-refractivity contribution in [1.82, 2.24) is 9.97 Å². The van der Waals surface area contributed by atoms with Crippen LogP contribution in [0.25, 0.3) is 10.9 Å². The summed E-state index contributed by atoms with van der Waals surface area (Å²) >= 11 is 0. The molecule has 0 atom stereocenters. The SMILES string of the molecule is CC(=O)c1ccc(CNc2c(C)c(C)nc3ccccc23)nc1C. The van der Waals surface area contributed by atoms with E-state index in [1.54, 1.807) is 6.92 Å². The van der Waals surface area contributed by atoms with Crippen molar-refractivity contribution in [3.8, 4) is 0 Å². The molecular formula is C20H21N3O. The van der Waals surface area contributed by atoms with E-state index in [1.807, 2.05) is 44.2 Å². The Bertz CT molecular complexity index is 932. The molecule has 1 N–H and O–H groups in total. The minimum Gasteiger partial charge on any atom is -0.379 e. The van der Waals surface area contributed by atoms with Crippen LogP contribution in [0.1, 0.15) is 39.9 Å². The van der Waals surface area contributed by atoms with Crippen LogP contribution in [0.2, 0.25) is 0 Å². The number of Topliss-reactive ketones (excluding diaryl/α,β-unsaturated/α-hetero) is 1. The second-order valence-corrected chi connectivity index (χ2v) is 6.06. The summed E-state index contributed by atoms with van der Waals surface area (Å²) in [4.78, 5) is 20.7. The maximum atomic E-state index is 11.5. The summed E-state index contributed by atoms with van der Waals surface area (Å²) in [5.41, 5.74) is 6.61. The molecule has 122 valence electrons. The van der Waals surface area contributed by atoms with Gasteiger partial charge in [0, 0.05) is 28.0 Å². The molecule has 0 bridgehead atoms. The van der Waals surface area contributed by atoms with Gasteiger partial charge in [0.15, 0.2) is 5.78 Å². The van der Waals surface area contributed by atoms with Gasteiger partial charge in [-0.2, -0.15) is 0 Å². The Labute approximate surface area is 142 Å². The summed E-state index contributed by atoms with van der Waals surface area (Å²) in [6.07, 6.45) is 0. The number of fused-ring (bicyclic) bond motifs is 1. The number of benzene rings is 1. The van der Waals surface area contributed by atoms with Crippen molar-refractivity contribution >= 4 is 22.4 Å². The summed E-state index contributed by atoms with van der Waals surface area (Å²) in [7, 11) is 0. The number of hydrogen-bond acceptors (Lipinski definition) is 4. The van der Waals surface area contributed by atoms with Gasteiger partial charge >= 0.3 is 0 Å². The minimum atomic E-state index is 0.0473. The molecule has 0 spiro atoms. The van der Waals surface area contributed by atoms with Crippen LogP contribution < -0.4 is 5.32 Å². The zero-order valence-corrected chi connectivity index (χ0v) is 14.5. The van der Waals surface area contributed by atoms with Gasteiger partial charge in [0.25, 0.3) is 0 Å². The number of aromatic nitrogens is 2. The van der Waals surface area contributed by atoms with Gasteiger partial charge in [0.05, 0.1) is 17.8 Å². The summed E-state index contributed by atoms with van der Waals surface area (Å²) in [5, 5.41) is 4.61. The Morgan fingerprint density at radius 3 is 2.46 bits per heavy atom. The average Bonchev–Trinajstić information content (AvgIpc) is 2.55. The van der Waals surface area contributed by atoms with Crippen molar-refractivity contribution in [2.45, 2.75) is 34.2 Å². The Balaban J connectivity index is 1.92. The van der Waals surface area contributed by atoms with Crippen molar-refractivity contribution in [3.05, 3.63) is 64.6 Å². The third-order valence-electron chi connectivity index (χ3n) is 4.35. The summed E-state index contributed by atoms with van der Waals surface area (Å²) < 4.78 is 0. The van der Waals surface area contributed by atoms with E-state index in [0.29, 0.717) is 12.1 Å². The van der Waals surface area contributed by atoms with Crippen LogP contribution in [0, 0.1) is 20.8 Å². The normalized spacial score (nSPS) is 10.8. The lowest BCUT2D eigenvalue weighted by Gasteiger charge is -2.15. The Morgan fingerprint density at radius 1 is 1.00 bits per heavy atom. The van der Waals surface area contributed by atoms with Crippen LogP contribution in [0.5, 0.6) is 0 Å². The number of nitrogens with zero attached hydrogens (tertiary/aromatic N) is 2. The van der Waals surface area contributed by atoms with Gasteiger partial charge in [-0.1, -0.05) is 18.2 Å². The highest BCUT2D eigenvalue weighted by Gasteiger charge is 2.10. The molecule has 2 heterocycles. The molecule has 3 aromatic rings. The Hall–Kier alpha value is -2.75. The predicted molar refractivity (Wildman–Crippen MR) is 97.5 cm³/mol. The lowest BCUT2D eigenvalue weighted by atomic mass is 10.1. The van der Waals surface area contributed by atoms with E-state index in [0.717, 1.165) is 39.2 Å². The molecular weight excluding hydrogens is 298 g/mol. The van der Waals surface area contributed by atoms with Gasteiger partial charge in [-0.25, -0.2) is 0 Å². The molecule has 0 aliphatic carbocycles. The number of rotatable bonds is 4. The second kappa shape index (κ2) is 6.40. The van der Waals surface area contributed by atoms with E-state index in [-0.39, 0.29) is 5.78 Å². The topological polar surface area (TPSA) is 54.9 Å². The largest absolute Gasteiger partial charge is 0.379 e. The van der Waals surface area contributed by atoms with E-state index in [2.05, 4.69) is 28.3 Å². The first-order valence-corrected chi connectivity index (χ1v) is 8.04. The molecule has 4 heteroatoms. The minimum absolute atomic E-state index is 0.0473. The Kier molecular flexibility index (Phi) is 4.30. The van der Waals surface area contributed by atoms with Gasteiger partial charge in [-0.15, -0.1) is 0 Å². The Morgan fingerprint density at radius 2 is 1.75 bits per heavy atom. The van der Waals surface area contributed by atoms with E-state index in [1.165, 1.54) is 0 Å². The van der Waals surface area contributed by atoms with E-state index >= 15 is 0 Å². The second-order valence-electron chi connectivity index (χ2n) is 6.06. The molecule has 0 amide bonds. The molecule has 0 radical (unpaired) electrons. The van der Waals surface area contributed by atoms with Crippen LogP contribution in [-0.2, 0) is 6.54 Å². The number of carbonyl (C=O) groups excluding carboxylic acids is 1. The molecule has 0 fully saturated rings. The monoisotopic (exact) mass is 319 g/mol. The van der Waals surface area contributed by atoms with Crippen molar-refractivity contribution in [2.75, 3.05) is 5.32 Å². The first kappa shape index (κ1) is 16.1. The van der Waals surface area contributed by atoms with Crippen LogP contribution in [-0.4, -0.2) is 15.8 Å². The van der Waals surface area contributed by atoms with Crippen molar-refractivity contribution < 1.29 is 4.79 Å². The molecule has 1 aromatic carbocycles. The molecule has 0 aliphatic heterocycles. The summed E-state index contributed by atoms with van der Waals surface area (Å²) in [5.74, 6) is 0.0473. The first-order valence-electron chi connectivity index (χ1n) is 8.04. The van der Waals surface area contributed by atoms with Gasteiger partial charge in [-0.05, 0) is 51.5 Å². The van der Waals surface area contributed by atoms with Crippen LogP contribution in [0.15, 0.2) is 36.4 Å². The van der Waals surface area contributed by atoms with Crippen molar-refractivity contribution in [3.63, 3.8) is 0 Å². The number of carbonyl (C=O) groups is 1. The van der Waals surface area contributed by atoms with Gasteiger partial charge in [0.2, 0.25) is 0 Å². The highest BCUT2D eigenvalue weighted by atomic mass is 16.1. The highest BCUT2D eigenvalue weighted by Crippen LogP contribution is 2.28. The zero-order chi connectivity index (χ0) is 17.3. The number of pyridine rings is 2. The van der Waals surface area contributed by atoms with Crippen LogP contribution in [0.4, 0.5) is 5.69 Å². The third-order valence-corrected chi connectivity index (χ3v) is 4.35. The number of ketones is 1. The third kappa shape index (κ3) is 3.00. The van der Waals surface area contributed by atoms with Crippen molar-refractivity contribution in [1.29, 1.82) is 0 Å². The van der Waals surface area contributed by atoms with Gasteiger partial charge in [0.1, 0.15) is 0 Å². The fourth-order valence-corrected chi connectivity index (χ4v) is 2.92. The number of anilines is 1. The molecule has 24 heavy (non-hydrogen) atoms. The number of nitrogens with one attached hydrogen (secondary N) is 1. The number of para-hydroxylation sites is 1. The van der Waals surface area contributed by atoms with Crippen molar-refractivity contribution in [2.24, 2.45) is 0 Å². The van der Waals surface area contributed by atoms with E-state index in [4.69, 9.17) is 0 Å². The molecule has 0 saturated carbocycles. The van der Waals surface area contributed by atoms with E-state index in [9.17, 15) is 4.79 Å². The zero-order valence-electron chi connectivity index (χ0n) is 14.5. The quantitative estimate of drug-likeness (QED) is 0.726.